The van der Waals surface area contributed by atoms with Gasteiger partial charge < -0.3 is 39.2 Å². The van der Waals surface area contributed by atoms with Gasteiger partial charge in [0, 0.05) is 38.5 Å². The summed E-state index contributed by atoms with van der Waals surface area (Å²) in [5.74, 6) is 0.525. The number of hydrogen-bond donors (Lipinski definition) is 2. The zero-order valence-electron chi connectivity index (χ0n) is 24.8. The molecule has 1 fully saturated rings. The van der Waals surface area contributed by atoms with Crippen LogP contribution in [-0.2, 0) is 22.6 Å². The van der Waals surface area contributed by atoms with Crippen LogP contribution in [0, 0.1) is 5.82 Å². The number of fused-ring (bicyclic) bond motifs is 6. The molecule has 0 aliphatic carbocycles. The second-order valence-electron chi connectivity index (χ2n) is 11.0. The Labute approximate surface area is 259 Å². The molecule has 3 aliphatic heterocycles. The SMILES string of the molecule is COc1ccc2cc1OCC(=O)N[C@@H]1CN(C(=O)c3cccc4c3OCCO4)CC[C@H]1Oc1cc(F)cc(c1)CNC(=O)CC2. The van der Waals surface area contributed by atoms with Crippen LogP contribution >= 0.6 is 0 Å². The number of carbonyl (C=O) groups is 3. The van der Waals surface area contributed by atoms with Crippen molar-refractivity contribution in [3.8, 4) is 28.7 Å². The van der Waals surface area contributed by atoms with E-state index in [0.29, 0.717) is 66.7 Å². The first-order valence-electron chi connectivity index (χ1n) is 14.9. The molecule has 11 nitrogen and oxygen atoms in total. The summed E-state index contributed by atoms with van der Waals surface area (Å²) >= 11 is 0. The molecule has 12 heteroatoms. The predicted molar refractivity (Wildman–Crippen MR) is 159 cm³/mol. The highest BCUT2D eigenvalue weighted by Gasteiger charge is 2.36. The minimum Gasteiger partial charge on any atom is -0.493 e. The van der Waals surface area contributed by atoms with Gasteiger partial charge in [0.1, 0.15) is 30.9 Å². The normalized spacial score (nSPS) is 20.2. The lowest BCUT2D eigenvalue weighted by Crippen LogP contribution is -2.58. The largest absolute Gasteiger partial charge is 0.493 e. The van der Waals surface area contributed by atoms with Crippen molar-refractivity contribution >= 4 is 17.7 Å². The Balaban J connectivity index is 1.27. The fourth-order valence-corrected chi connectivity index (χ4v) is 5.70. The molecule has 0 unspecified atom stereocenters. The number of halogens is 1. The maximum absolute atomic E-state index is 14.6. The number of nitrogens with one attached hydrogen (secondary N) is 2. The third kappa shape index (κ3) is 7.05. The minimum absolute atomic E-state index is 0.115. The Morgan fingerprint density at radius 2 is 1.82 bits per heavy atom. The summed E-state index contributed by atoms with van der Waals surface area (Å²) in [5, 5.41) is 5.80. The number of ether oxygens (including phenoxy) is 5. The number of rotatable bonds is 2. The summed E-state index contributed by atoms with van der Waals surface area (Å²) in [6.45, 7) is 0.950. The Kier molecular flexibility index (Phi) is 8.90. The van der Waals surface area contributed by atoms with Crippen LogP contribution in [0.2, 0.25) is 0 Å². The standard InChI is InChI=1S/C33H34FN3O8/c1-41-27-7-5-20-6-8-30(38)35-17-21-13-22(34)16-23(14-21)45-26-9-10-37(18-25(26)36-31(39)19-44-29(27)15-20)33(40)24-3-2-4-28-32(24)43-12-11-42-28/h2-5,7,13-16,25-26H,6,8-12,17-19H2,1H3,(H,35,38)(H,36,39)/t25-,26-/m1/s1. The molecule has 0 spiro atoms. The highest BCUT2D eigenvalue weighted by molar-refractivity contribution is 5.98. The van der Waals surface area contributed by atoms with Gasteiger partial charge >= 0.3 is 0 Å². The highest BCUT2D eigenvalue weighted by atomic mass is 19.1. The number of para-hydroxylation sites is 1. The Bertz CT molecular complexity index is 1600. The van der Waals surface area contributed by atoms with Crippen molar-refractivity contribution < 1.29 is 42.5 Å². The Hall–Kier alpha value is -5.00. The fourth-order valence-electron chi connectivity index (χ4n) is 5.70. The van der Waals surface area contributed by atoms with E-state index in [9.17, 15) is 18.8 Å². The molecular weight excluding hydrogens is 585 g/mol. The van der Waals surface area contributed by atoms with Gasteiger partial charge in [-0.25, -0.2) is 4.39 Å². The van der Waals surface area contributed by atoms with Gasteiger partial charge in [-0.2, -0.15) is 0 Å². The molecular formula is C33H34FN3O8. The maximum Gasteiger partial charge on any atom is 0.258 e. The Morgan fingerprint density at radius 3 is 2.69 bits per heavy atom. The van der Waals surface area contributed by atoms with Crippen molar-refractivity contribution in [2.45, 2.75) is 38.0 Å². The van der Waals surface area contributed by atoms with Crippen molar-refractivity contribution in [2.75, 3.05) is 40.0 Å². The first-order chi connectivity index (χ1) is 21.9. The van der Waals surface area contributed by atoms with E-state index in [0.717, 1.165) is 5.56 Å². The highest BCUT2D eigenvalue weighted by Crippen LogP contribution is 2.35. The third-order valence-corrected chi connectivity index (χ3v) is 7.92. The smallest absolute Gasteiger partial charge is 0.258 e. The van der Waals surface area contributed by atoms with Crippen LogP contribution in [0.4, 0.5) is 4.39 Å². The molecule has 4 bridgehead atoms. The topological polar surface area (TPSA) is 125 Å². The summed E-state index contributed by atoms with van der Waals surface area (Å²) in [6, 6.07) is 14.1. The molecule has 3 aliphatic rings. The molecule has 0 saturated carbocycles. The molecule has 3 amide bonds. The summed E-state index contributed by atoms with van der Waals surface area (Å²) in [6.07, 6.45) is 0.381. The fraction of sp³-hybridized carbons (Fsp3) is 0.364. The van der Waals surface area contributed by atoms with Crippen LogP contribution in [0.15, 0.2) is 54.6 Å². The number of likely N-dealkylation sites (tertiary alicyclic amines) is 1. The zero-order chi connectivity index (χ0) is 31.3. The van der Waals surface area contributed by atoms with E-state index < -0.39 is 23.9 Å². The van der Waals surface area contributed by atoms with Gasteiger partial charge in [0.15, 0.2) is 29.6 Å². The molecule has 6 rings (SSSR count). The van der Waals surface area contributed by atoms with E-state index in [4.69, 9.17) is 23.7 Å². The molecule has 0 aromatic heterocycles. The van der Waals surface area contributed by atoms with Gasteiger partial charge in [-0.15, -0.1) is 0 Å². The number of amides is 3. The van der Waals surface area contributed by atoms with Crippen LogP contribution in [0.1, 0.15) is 34.3 Å². The lowest BCUT2D eigenvalue weighted by atomic mass is 10.00. The average Bonchev–Trinajstić information content (AvgIpc) is 3.05. The molecule has 45 heavy (non-hydrogen) atoms. The number of carbonyl (C=O) groups excluding carboxylic acids is 3. The van der Waals surface area contributed by atoms with Crippen LogP contribution in [-0.4, -0.2) is 74.8 Å². The van der Waals surface area contributed by atoms with Crippen LogP contribution in [0.3, 0.4) is 0 Å². The quantitative estimate of drug-likeness (QED) is 0.449. The van der Waals surface area contributed by atoms with E-state index in [2.05, 4.69) is 10.6 Å². The first-order valence-corrected chi connectivity index (χ1v) is 14.9. The zero-order valence-corrected chi connectivity index (χ0v) is 24.8. The first kappa shape index (κ1) is 30.0. The number of benzene rings is 3. The molecule has 3 aromatic rings. The molecule has 3 heterocycles. The lowest BCUT2D eigenvalue weighted by molar-refractivity contribution is -0.125. The molecule has 0 radical (unpaired) electrons. The average molecular weight is 620 g/mol. The predicted octanol–water partition coefficient (Wildman–Crippen LogP) is 3.03. The summed E-state index contributed by atoms with van der Waals surface area (Å²) in [7, 11) is 1.50. The number of piperidine rings is 1. The van der Waals surface area contributed by atoms with Gasteiger partial charge in [0.05, 0.1) is 18.7 Å². The van der Waals surface area contributed by atoms with Gasteiger partial charge in [-0.1, -0.05) is 12.1 Å². The summed E-state index contributed by atoms with van der Waals surface area (Å²) < 4.78 is 43.6. The minimum atomic E-state index is -0.658. The van der Waals surface area contributed by atoms with Crippen molar-refractivity contribution in [3.05, 3.63) is 77.1 Å². The molecule has 3 aromatic carbocycles. The molecule has 2 atom stereocenters. The van der Waals surface area contributed by atoms with Crippen LogP contribution in [0.5, 0.6) is 28.7 Å². The van der Waals surface area contributed by atoms with Crippen molar-refractivity contribution in [1.29, 1.82) is 0 Å². The van der Waals surface area contributed by atoms with Crippen LogP contribution < -0.4 is 34.3 Å². The lowest BCUT2D eigenvalue weighted by Gasteiger charge is -2.39. The molecule has 2 N–H and O–H groups in total. The number of hydrogen-bond acceptors (Lipinski definition) is 8. The third-order valence-electron chi connectivity index (χ3n) is 7.92. The molecule has 236 valence electrons. The van der Waals surface area contributed by atoms with E-state index in [1.807, 2.05) is 6.07 Å². The second kappa shape index (κ2) is 13.3. The van der Waals surface area contributed by atoms with Gasteiger partial charge in [-0.05, 0) is 53.9 Å². The number of nitrogens with zero attached hydrogens (tertiary/aromatic N) is 1. The van der Waals surface area contributed by atoms with E-state index >= 15 is 0 Å². The van der Waals surface area contributed by atoms with Gasteiger partial charge in [0.2, 0.25) is 5.91 Å². The number of aryl methyl sites for hydroxylation is 1. The van der Waals surface area contributed by atoms with Crippen molar-refractivity contribution in [2.24, 2.45) is 0 Å². The second-order valence-corrected chi connectivity index (χ2v) is 11.0. The number of methoxy groups -OCH3 is 1. The van der Waals surface area contributed by atoms with Crippen molar-refractivity contribution in [3.63, 3.8) is 0 Å². The monoisotopic (exact) mass is 619 g/mol. The van der Waals surface area contributed by atoms with Gasteiger partial charge in [0.25, 0.3) is 11.8 Å². The van der Waals surface area contributed by atoms with Crippen LogP contribution in [0.25, 0.3) is 0 Å². The summed E-state index contributed by atoms with van der Waals surface area (Å²) in [5.41, 5.74) is 1.72. The molecule has 1 saturated heterocycles. The maximum atomic E-state index is 14.6. The van der Waals surface area contributed by atoms with Crippen molar-refractivity contribution in [1.82, 2.24) is 15.5 Å². The summed E-state index contributed by atoms with van der Waals surface area (Å²) in [4.78, 5) is 41.2. The van der Waals surface area contributed by atoms with E-state index in [-0.39, 0.29) is 43.7 Å². The van der Waals surface area contributed by atoms with E-state index in [1.165, 1.54) is 19.2 Å². The van der Waals surface area contributed by atoms with Gasteiger partial charge in [-0.3, -0.25) is 14.4 Å². The Morgan fingerprint density at radius 1 is 0.956 bits per heavy atom. The van der Waals surface area contributed by atoms with E-state index in [1.54, 1.807) is 41.3 Å².